The van der Waals surface area contributed by atoms with Crippen LogP contribution in [-0.4, -0.2) is 45.3 Å². The number of aliphatic imine (C=N–C) groups is 4. The number of rotatable bonds is 10. The Balaban J connectivity index is 1.35. The van der Waals surface area contributed by atoms with Crippen LogP contribution < -0.4 is 0 Å². The van der Waals surface area contributed by atoms with Gasteiger partial charge in [-0.25, -0.2) is 0 Å². The molecule has 0 amide bonds. The molecule has 6 aromatic rings. The molecule has 49 heavy (non-hydrogen) atoms. The lowest BCUT2D eigenvalue weighted by Crippen LogP contribution is -1.90. The van der Waals surface area contributed by atoms with Crippen LogP contribution in [-0.2, 0) is 6.42 Å². The van der Waals surface area contributed by atoms with Crippen LogP contribution in [0, 0.1) is 0 Å². The number of phenolic OH excluding ortho intramolecular Hbond substituents is 4. The molecule has 0 atom stereocenters. The van der Waals surface area contributed by atoms with E-state index in [1.165, 1.54) is 0 Å². The molecule has 0 aliphatic carbocycles. The van der Waals surface area contributed by atoms with Crippen molar-refractivity contribution in [2.45, 2.75) is 6.42 Å². The smallest absolute Gasteiger partial charge is 0.124 e. The fourth-order valence-electron chi connectivity index (χ4n) is 4.96. The molecule has 6 aromatic carbocycles. The topological polar surface area (TPSA) is 130 Å². The maximum Gasteiger partial charge on any atom is 0.124 e. The number of hydrogen-bond acceptors (Lipinski definition) is 8. The van der Waals surface area contributed by atoms with Crippen molar-refractivity contribution < 1.29 is 20.4 Å². The van der Waals surface area contributed by atoms with Crippen LogP contribution in [0.15, 0.2) is 153 Å². The van der Waals surface area contributed by atoms with Crippen molar-refractivity contribution in [2.75, 3.05) is 0 Å². The quantitative estimate of drug-likeness (QED) is 0.111. The van der Waals surface area contributed by atoms with Gasteiger partial charge in [-0.3, -0.25) is 20.0 Å². The molecule has 8 heteroatoms. The highest BCUT2D eigenvalue weighted by atomic mass is 16.3. The van der Waals surface area contributed by atoms with E-state index in [1.807, 2.05) is 60.7 Å². The van der Waals surface area contributed by atoms with Crippen molar-refractivity contribution in [3.63, 3.8) is 0 Å². The SMILES string of the molecule is Oc1ccccc1C=Nc1ccc(Cc2ccc(N=Cc3ccccc3O)c(N=Cc3ccccc3O)c2)cc1N=Cc1ccccc1O. The molecule has 0 aromatic heterocycles. The fraction of sp³-hybridized carbons (Fsp3) is 0.0244. The first-order chi connectivity index (χ1) is 23.9. The van der Waals surface area contributed by atoms with Gasteiger partial charge in [-0.15, -0.1) is 0 Å². The predicted molar refractivity (Wildman–Crippen MR) is 197 cm³/mol. The normalized spacial score (nSPS) is 11.8. The molecule has 0 unspecified atom stereocenters. The zero-order chi connectivity index (χ0) is 34.0. The monoisotopic (exact) mass is 644 g/mol. The van der Waals surface area contributed by atoms with Gasteiger partial charge < -0.3 is 20.4 Å². The predicted octanol–water partition coefficient (Wildman–Crippen LogP) is 9.10. The van der Waals surface area contributed by atoms with Gasteiger partial charge in [-0.05, 0) is 90.3 Å². The van der Waals surface area contributed by atoms with Gasteiger partial charge in [0.25, 0.3) is 0 Å². The second kappa shape index (κ2) is 15.2. The molecule has 6 rings (SSSR count). The fourth-order valence-corrected chi connectivity index (χ4v) is 4.96. The first-order valence-corrected chi connectivity index (χ1v) is 15.5. The molecule has 4 N–H and O–H groups in total. The molecule has 0 heterocycles. The van der Waals surface area contributed by atoms with Gasteiger partial charge in [-0.2, -0.15) is 0 Å². The van der Waals surface area contributed by atoms with Crippen molar-refractivity contribution in [3.05, 3.63) is 167 Å². The molecule has 0 spiro atoms. The lowest BCUT2D eigenvalue weighted by atomic mass is 10.0. The standard InChI is InChI=1S/C41H32N4O4/c46-38-13-5-1-9-30(38)24-42-34-19-17-28(22-36(34)44-26-32-11-3-7-15-40(32)48)21-29-18-20-35(43-25-31-10-2-6-14-39(31)47)37(23-29)45-27-33-12-4-8-16-41(33)49/h1-20,22-27,46-49H,21H2. The lowest BCUT2D eigenvalue weighted by molar-refractivity contribution is 0.474. The third-order valence-electron chi connectivity index (χ3n) is 7.61. The molecule has 0 radical (unpaired) electrons. The summed E-state index contributed by atoms with van der Waals surface area (Å²) in [5.41, 5.74) is 6.50. The molecule has 0 bridgehead atoms. The molecule has 8 nitrogen and oxygen atoms in total. The van der Waals surface area contributed by atoms with E-state index in [1.54, 1.807) is 97.7 Å². The molecular formula is C41H32N4O4. The van der Waals surface area contributed by atoms with Gasteiger partial charge in [0.1, 0.15) is 23.0 Å². The van der Waals surface area contributed by atoms with E-state index in [0.29, 0.717) is 51.4 Å². The zero-order valence-electron chi connectivity index (χ0n) is 26.3. The maximum absolute atomic E-state index is 10.3. The van der Waals surface area contributed by atoms with Crippen molar-refractivity contribution in [3.8, 4) is 23.0 Å². The Morgan fingerprint density at radius 1 is 0.347 bits per heavy atom. The minimum absolute atomic E-state index is 0.115. The molecular weight excluding hydrogens is 612 g/mol. The summed E-state index contributed by atoms with van der Waals surface area (Å²) >= 11 is 0. The van der Waals surface area contributed by atoms with E-state index >= 15 is 0 Å². The van der Waals surface area contributed by atoms with E-state index in [2.05, 4.69) is 20.0 Å². The minimum Gasteiger partial charge on any atom is -0.507 e. The summed E-state index contributed by atoms with van der Waals surface area (Å²) < 4.78 is 0. The number of aromatic hydroxyl groups is 4. The van der Waals surface area contributed by atoms with E-state index in [-0.39, 0.29) is 23.0 Å². The van der Waals surface area contributed by atoms with Gasteiger partial charge in [-0.1, -0.05) is 60.7 Å². The first-order valence-electron chi connectivity index (χ1n) is 15.5. The van der Waals surface area contributed by atoms with Crippen LogP contribution in [0.2, 0.25) is 0 Å². The van der Waals surface area contributed by atoms with Crippen molar-refractivity contribution in [2.24, 2.45) is 20.0 Å². The molecule has 0 fully saturated rings. The van der Waals surface area contributed by atoms with Crippen LogP contribution in [0.1, 0.15) is 33.4 Å². The zero-order valence-corrected chi connectivity index (χ0v) is 26.3. The number of nitrogens with zero attached hydrogens (tertiary/aromatic N) is 4. The Kier molecular flexibility index (Phi) is 9.97. The van der Waals surface area contributed by atoms with Crippen LogP contribution >= 0.6 is 0 Å². The Labute approximate surface area is 283 Å². The van der Waals surface area contributed by atoms with Gasteiger partial charge in [0.05, 0.1) is 22.7 Å². The molecule has 0 aliphatic heterocycles. The molecule has 0 saturated heterocycles. The van der Waals surface area contributed by atoms with E-state index in [0.717, 1.165) is 11.1 Å². The largest absolute Gasteiger partial charge is 0.507 e. The Morgan fingerprint density at radius 2 is 0.633 bits per heavy atom. The number of benzene rings is 6. The summed E-state index contributed by atoms with van der Waals surface area (Å²) in [5, 5.41) is 41.0. The molecule has 0 aliphatic rings. The van der Waals surface area contributed by atoms with Crippen LogP contribution in [0.25, 0.3) is 0 Å². The summed E-state index contributed by atoms with van der Waals surface area (Å²) in [6.45, 7) is 0. The summed E-state index contributed by atoms with van der Waals surface area (Å²) in [6.07, 6.45) is 6.90. The van der Waals surface area contributed by atoms with E-state index < -0.39 is 0 Å². The number of hydrogen-bond donors (Lipinski definition) is 4. The van der Waals surface area contributed by atoms with E-state index in [4.69, 9.17) is 0 Å². The van der Waals surface area contributed by atoms with Gasteiger partial charge in [0.15, 0.2) is 0 Å². The number of phenols is 4. The maximum atomic E-state index is 10.3. The van der Waals surface area contributed by atoms with Crippen LogP contribution in [0.3, 0.4) is 0 Å². The minimum atomic E-state index is 0.115. The highest BCUT2D eigenvalue weighted by Gasteiger charge is 2.08. The van der Waals surface area contributed by atoms with Gasteiger partial charge in [0.2, 0.25) is 0 Å². The highest BCUT2D eigenvalue weighted by Crippen LogP contribution is 2.34. The van der Waals surface area contributed by atoms with Crippen LogP contribution in [0.5, 0.6) is 23.0 Å². The second-order valence-corrected chi connectivity index (χ2v) is 11.1. The second-order valence-electron chi connectivity index (χ2n) is 11.1. The van der Waals surface area contributed by atoms with Gasteiger partial charge >= 0.3 is 0 Å². The molecule has 0 saturated carbocycles. The van der Waals surface area contributed by atoms with Gasteiger partial charge in [0, 0.05) is 47.1 Å². The molecule has 240 valence electrons. The third kappa shape index (κ3) is 8.33. The van der Waals surface area contributed by atoms with Crippen LogP contribution in [0.4, 0.5) is 22.7 Å². The summed E-state index contributed by atoms with van der Waals surface area (Å²) in [6, 6.07) is 39.3. The average Bonchev–Trinajstić information content (AvgIpc) is 3.11. The first kappa shape index (κ1) is 32.2. The summed E-state index contributed by atoms with van der Waals surface area (Å²) in [7, 11) is 0. The summed E-state index contributed by atoms with van der Waals surface area (Å²) in [4.78, 5) is 18.6. The Bertz CT molecular complexity index is 2070. The average molecular weight is 645 g/mol. The summed E-state index contributed by atoms with van der Waals surface area (Å²) in [5.74, 6) is 0.473. The Hall–Kier alpha value is -6.80. The van der Waals surface area contributed by atoms with Crippen molar-refractivity contribution >= 4 is 47.6 Å². The highest BCUT2D eigenvalue weighted by molar-refractivity contribution is 5.91. The third-order valence-corrected chi connectivity index (χ3v) is 7.61. The lowest BCUT2D eigenvalue weighted by Gasteiger charge is -2.09. The Morgan fingerprint density at radius 3 is 0.939 bits per heavy atom. The van der Waals surface area contributed by atoms with E-state index in [9.17, 15) is 20.4 Å². The van der Waals surface area contributed by atoms with Crippen molar-refractivity contribution in [1.82, 2.24) is 0 Å². The number of para-hydroxylation sites is 4. The van der Waals surface area contributed by atoms with Crippen molar-refractivity contribution in [1.29, 1.82) is 0 Å².